The minimum Gasteiger partial charge on any atom is -0.484 e. The molecule has 0 N–H and O–H groups in total. The number of ether oxygens (including phenoxy) is 1. The Bertz CT molecular complexity index is 906. The molecule has 0 radical (unpaired) electrons. The quantitative estimate of drug-likeness (QED) is 0.731. The SMILES string of the molecule is CCN(CC)C(=O)COc1ccc(S(=O)(=O)N2CCc3ccccc32)cc1. The molecule has 3 rings (SSSR count). The van der Waals surface area contributed by atoms with Gasteiger partial charge in [0.05, 0.1) is 10.6 Å². The Morgan fingerprint density at radius 2 is 1.74 bits per heavy atom. The van der Waals surface area contributed by atoms with Crippen molar-refractivity contribution in [2.45, 2.75) is 25.2 Å². The molecule has 0 saturated carbocycles. The van der Waals surface area contributed by atoms with E-state index in [4.69, 9.17) is 4.74 Å². The highest BCUT2D eigenvalue weighted by molar-refractivity contribution is 7.92. The van der Waals surface area contributed by atoms with Crippen molar-refractivity contribution in [3.8, 4) is 5.75 Å². The number of hydrogen-bond donors (Lipinski definition) is 0. The lowest BCUT2D eigenvalue weighted by Crippen LogP contribution is -2.34. The highest BCUT2D eigenvalue weighted by Gasteiger charge is 2.30. The molecule has 0 saturated heterocycles. The zero-order valence-electron chi connectivity index (χ0n) is 15.6. The summed E-state index contributed by atoms with van der Waals surface area (Å²) >= 11 is 0. The molecule has 0 fully saturated rings. The van der Waals surface area contributed by atoms with E-state index < -0.39 is 10.0 Å². The molecule has 27 heavy (non-hydrogen) atoms. The summed E-state index contributed by atoms with van der Waals surface area (Å²) in [7, 11) is -3.62. The Kier molecular flexibility index (Phi) is 5.70. The van der Waals surface area contributed by atoms with Gasteiger partial charge in [-0.05, 0) is 56.2 Å². The van der Waals surface area contributed by atoms with Crippen molar-refractivity contribution < 1.29 is 17.9 Å². The van der Waals surface area contributed by atoms with E-state index in [1.54, 1.807) is 17.0 Å². The number of benzene rings is 2. The van der Waals surface area contributed by atoms with E-state index in [1.807, 2.05) is 38.1 Å². The Morgan fingerprint density at radius 3 is 2.41 bits per heavy atom. The van der Waals surface area contributed by atoms with E-state index in [2.05, 4.69) is 0 Å². The van der Waals surface area contributed by atoms with Crippen molar-refractivity contribution in [1.29, 1.82) is 0 Å². The van der Waals surface area contributed by atoms with Gasteiger partial charge in [-0.1, -0.05) is 18.2 Å². The molecule has 0 spiro atoms. The molecule has 2 aromatic rings. The summed E-state index contributed by atoms with van der Waals surface area (Å²) in [6.07, 6.45) is 0.712. The van der Waals surface area contributed by atoms with Crippen LogP contribution in [0.25, 0.3) is 0 Å². The van der Waals surface area contributed by atoms with Crippen LogP contribution in [0.3, 0.4) is 0 Å². The topological polar surface area (TPSA) is 66.9 Å². The van der Waals surface area contributed by atoms with Crippen LogP contribution in [0.4, 0.5) is 5.69 Å². The van der Waals surface area contributed by atoms with Gasteiger partial charge in [0.2, 0.25) is 0 Å². The van der Waals surface area contributed by atoms with Crippen LogP contribution >= 0.6 is 0 Å². The standard InChI is InChI=1S/C20H24N2O4S/c1-3-21(4-2)20(23)15-26-17-9-11-18(12-10-17)27(24,25)22-14-13-16-7-5-6-8-19(16)22/h5-12H,3-4,13-15H2,1-2H3. The molecule has 0 unspecified atom stereocenters. The van der Waals surface area contributed by atoms with Crippen LogP contribution in [0.5, 0.6) is 5.75 Å². The maximum absolute atomic E-state index is 13.0. The van der Waals surface area contributed by atoms with Crippen molar-refractivity contribution in [3.05, 3.63) is 54.1 Å². The van der Waals surface area contributed by atoms with Crippen LogP contribution in [-0.4, -0.2) is 45.5 Å². The molecule has 2 aromatic carbocycles. The van der Waals surface area contributed by atoms with Crippen LogP contribution in [0, 0.1) is 0 Å². The number of hydrogen-bond acceptors (Lipinski definition) is 4. The van der Waals surface area contributed by atoms with Gasteiger partial charge in [-0.2, -0.15) is 0 Å². The average molecular weight is 388 g/mol. The maximum Gasteiger partial charge on any atom is 0.264 e. The molecular formula is C20H24N2O4S. The second kappa shape index (κ2) is 8.00. The number of fused-ring (bicyclic) bond motifs is 1. The third-order valence-corrected chi connectivity index (χ3v) is 6.56. The largest absolute Gasteiger partial charge is 0.484 e. The summed E-state index contributed by atoms with van der Waals surface area (Å²) < 4.78 is 32.9. The first-order valence-electron chi connectivity index (χ1n) is 9.08. The minimum atomic E-state index is -3.62. The van der Waals surface area contributed by atoms with E-state index >= 15 is 0 Å². The predicted molar refractivity (Wildman–Crippen MR) is 105 cm³/mol. The van der Waals surface area contributed by atoms with Gasteiger partial charge in [-0.25, -0.2) is 8.42 Å². The summed E-state index contributed by atoms with van der Waals surface area (Å²) in [4.78, 5) is 13.9. The Hall–Kier alpha value is -2.54. The third kappa shape index (κ3) is 3.93. The van der Waals surface area contributed by atoms with Crippen molar-refractivity contribution in [2.75, 3.05) is 30.5 Å². The molecule has 0 atom stereocenters. The van der Waals surface area contributed by atoms with Gasteiger partial charge in [0, 0.05) is 19.6 Å². The first kappa shape index (κ1) is 19.2. The summed E-state index contributed by atoms with van der Waals surface area (Å²) in [5.74, 6) is 0.377. The first-order valence-corrected chi connectivity index (χ1v) is 10.5. The smallest absolute Gasteiger partial charge is 0.264 e. The third-order valence-electron chi connectivity index (χ3n) is 4.73. The van der Waals surface area contributed by atoms with Crippen LogP contribution in [-0.2, 0) is 21.2 Å². The molecule has 0 aliphatic carbocycles. The zero-order chi connectivity index (χ0) is 19.4. The van der Waals surface area contributed by atoms with Gasteiger partial charge >= 0.3 is 0 Å². The monoisotopic (exact) mass is 388 g/mol. The first-order chi connectivity index (χ1) is 13.0. The molecule has 1 aliphatic heterocycles. The number of likely N-dealkylation sites (N-methyl/N-ethyl adjacent to an activating group) is 1. The van der Waals surface area contributed by atoms with Gasteiger partial charge in [0.15, 0.2) is 6.61 Å². The number of carbonyl (C=O) groups excluding carboxylic acids is 1. The lowest BCUT2D eigenvalue weighted by atomic mass is 10.2. The predicted octanol–water partition coefficient (Wildman–Crippen LogP) is 2.69. The second-order valence-corrected chi connectivity index (χ2v) is 8.14. The summed E-state index contributed by atoms with van der Waals surface area (Å²) in [6.45, 7) is 5.47. The fourth-order valence-electron chi connectivity index (χ4n) is 3.21. The lowest BCUT2D eigenvalue weighted by molar-refractivity contribution is -0.132. The molecule has 144 valence electrons. The number of rotatable bonds is 7. The number of para-hydroxylation sites is 1. The van der Waals surface area contributed by atoms with E-state index in [9.17, 15) is 13.2 Å². The fourth-order valence-corrected chi connectivity index (χ4v) is 4.71. The van der Waals surface area contributed by atoms with Crippen molar-refractivity contribution in [1.82, 2.24) is 4.90 Å². The Morgan fingerprint density at radius 1 is 1.07 bits per heavy atom. The van der Waals surface area contributed by atoms with Crippen LogP contribution in [0.15, 0.2) is 53.4 Å². The zero-order valence-corrected chi connectivity index (χ0v) is 16.4. The lowest BCUT2D eigenvalue weighted by Gasteiger charge is -2.20. The average Bonchev–Trinajstić information content (AvgIpc) is 3.12. The number of nitrogens with zero attached hydrogens (tertiary/aromatic N) is 2. The normalized spacial score (nSPS) is 13.3. The molecule has 1 heterocycles. The van der Waals surface area contributed by atoms with Gasteiger partial charge in [0.25, 0.3) is 15.9 Å². The number of carbonyl (C=O) groups is 1. The molecule has 0 aromatic heterocycles. The maximum atomic E-state index is 13.0. The molecule has 6 nitrogen and oxygen atoms in total. The number of anilines is 1. The van der Waals surface area contributed by atoms with Crippen molar-refractivity contribution >= 4 is 21.6 Å². The van der Waals surface area contributed by atoms with E-state index in [1.165, 1.54) is 16.4 Å². The highest BCUT2D eigenvalue weighted by Crippen LogP contribution is 2.32. The van der Waals surface area contributed by atoms with Gasteiger partial charge in [-0.3, -0.25) is 9.10 Å². The molecule has 1 aliphatic rings. The van der Waals surface area contributed by atoms with Crippen molar-refractivity contribution in [3.63, 3.8) is 0 Å². The Labute approximate surface area is 160 Å². The van der Waals surface area contributed by atoms with Crippen LogP contribution < -0.4 is 9.04 Å². The molecule has 7 heteroatoms. The molecule has 0 bridgehead atoms. The highest BCUT2D eigenvalue weighted by atomic mass is 32.2. The second-order valence-electron chi connectivity index (χ2n) is 6.28. The van der Waals surface area contributed by atoms with Crippen molar-refractivity contribution in [2.24, 2.45) is 0 Å². The molecule has 1 amide bonds. The Balaban J connectivity index is 1.71. The number of amides is 1. The van der Waals surface area contributed by atoms with E-state index in [0.717, 1.165) is 11.3 Å². The summed E-state index contributed by atoms with van der Waals surface area (Å²) in [6, 6.07) is 13.8. The van der Waals surface area contributed by atoms with Gasteiger partial charge in [-0.15, -0.1) is 0 Å². The minimum absolute atomic E-state index is 0.0622. The molecular weight excluding hydrogens is 364 g/mol. The van der Waals surface area contributed by atoms with Gasteiger partial charge < -0.3 is 9.64 Å². The van der Waals surface area contributed by atoms with Crippen LogP contribution in [0.2, 0.25) is 0 Å². The van der Waals surface area contributed by atoms with E-state index in [0.29, 0.717) is 31.8 Å². The van der Waals surface area contributed by atoms with Crippen LogP contribution in [0.1, 0.15) is 19.4 Å². The fraction of sp³-hybridized carbons (Fsp3) is 0.350. The summed E-state index contributed by atoms with van der Waals surface area (Å²) in [5.41, 5.74) is 1.78. The van der Waals surface area contributed by atoms with E-state index in [-0.39, 0.29) is 17.4 Å². The number of sulfonamides is 1. The van der Waals surface area contributed by atoms with Gasteiger partial charge in [0.1, 0.15) is 5.75 Å². The summed E-state index contributed by atoms with van der Waals surface area (Å²) in [5, 5.41) is 0.